The minimum Gasteiger partial charge on any atom is -0.724 e. The van der Waals surface area contributed by atoms with Crippen LogP contribution in [-0.2, 0) is 14.7 Å². The number of fused-ring (bicyclic) bond motifs is 4. The maximum atomic E-state index is 12.1. The van der Waals surface area contributed by atoms with Gasteiger partial charge in [-0.2, -0.15) is 9.35 Å². The summed E-state index contributed by atoms with van der Waals surface area (Å²) in [5.41, 5.74) is 1.38. The molecule has 2 amide bonds. The van der Waals surface area contributed by atoms with E-state index in [9.17, 15) is 22.9 Å². The quantitative estimate of drug-likeness (QED) is 0.359. The van der Waals surface area contributed by atoms with Crippen molar-refractivity contribution in [2.75, 3.05) is 13.2 Å². The van der Waals surface area contributed by atoms with E-state index in [0.717, 1.165) is 0 Å². The molecule has 1 fully saturated rings. The van der Waals surface area contributed by atoms with E-state index in [4.69, 9.17) is 0 Å². The number of nitrogens with zero attached hydrogens (tertiary/aromatic N) is 2. The Morgan fingerprint density at radius 1 is 1.33 bits per heavy atom. The van der Waals surface area contributed by atoms with Crippen molar-refractivity contribution in [2.45, 2.75) is 12.1 Å². The zero-order chi connectivity index (χ0) is 14.5. The van der Waals surface area contributed by atoms with Crippen LogP contribution in [0.15, 0.2) is 24.3 Å². The molecule has 2 aliphatic rings. The minimum absolute atomic E-state index is 0. The summed E-state index contributed by atoms with van der Waals surface area (Å²) in [4.78, 5) is 13.4. The van der Waals surface area contributed by atoms with Crippen molar-refractivity contribution < 1.29 is 56.7 Å². The van der Waals surface area contributed by atoms with Gasteiger partial charge in [0.05, 0.1) is 19.2 Å². The molecule has 1 saturated heterocycles. The first-order valence-electron chi connectivity index (χ1n) is 5.87. The molecule has 2 aliphatic heterocycles. The molecule has 0 spiro atoms. The van der Waals surface area contributed by atoms with Crippen LogP contribution in [-0.4, -0.2) is 47.2 Å². The molecule has 0 aromatic heterocycles. The van der Waals surface area contributed by atoms with Gasteiger partial charge in [0.2, 0.25) is 10.4 Å². The van der Waals surface area contributed by atoms with E-state index in [1.54, 1.807) is 24.3 Å². The number of aliphatic hydroxyl groups is 1. The van der Waals surface area contributed by atoms with Crippen LogP contribution in [0.3, 0.4) is 0 Å². The first kappa shape index (κ1) is 16.7. The van der Waals surface area contributed by atoms with E-state index in [0.29, 0.717) is 16.2 Å². The number of hydrogen-bond acceptors (Lipinski definition) is 6. The topological polar surface area (TPSA) is 110 Å². The average molecular weight is 322 g/mol. The first-order chi connectivity index (χ1) is 9.42. The molecule has 0 radical (unpaired) electrons. The van der Waals surface area contributed by atoms with Crippen LogP contribution >= 0.6 is 0 Å². The number of rotatable bonds is 3. The molecular formula is C11H11N2NaO6S. The van der Waals surface area contributed by atoms with Crippen LogP contribution in [0.1, 0.15) is 23.2 Å². The summed E-state index contributed by atoms with van der Waals surface area (Å²) < 4.78 is 36.5. The molecule has 0 unspecified atom stereocenters. The molecule has 21 heavy (non-hydrogen) atoms. The predicted molar refractivity (Wildman–Crippen MR) is 63.7 cm³/mol. The normalized spacial score (nSPS) is 23.8. The molecule has 108 valence electrons. The van der Waals surface area contributed by atoms with Crippen molar-refractivity contribution in [1.82, 2.24) is 9.96 Å². The van der Waals surface area contributed by atoms with E-state index in [2.05, 4.69) is 4.28 Å². The zero-order valence-electron chi connectivity index (χ0n) is 11.2. The third-order valence-electron chi connectivity index (χ3n) is 3.52. The molecule has 10 heteroatoms. The van der Waals surface area contributed by atoms with Crippen LogP contribution in [0, 0.1) is 0 Å². The Bertz CT molecular complexity index is 666. The summed E-state index contributed by atoms with van der Waals surface area (Å²) in [5, 5.41) is 10.0. The van der Waals surface area contributed by atoms with Crippen molar-refractivity contribution in [3.05, 3.63) is 35.4 Å². The van der Waals surface area contributed by atoms with E-state index in [1.165, 1.54) is 4.90 Å². The third-order valence-corrected chi connectivity index (χ3v) is 3.86. The standard InChI is InChI=1S/C11H12N2O6S.Na/c14-6-10-8-4-2-1-3-7(8)9-5-12(10)11(15)13(9)19-20(16,17)18;/h1-4,9-10,14H,5-6H2,(H,16,17,18);/q;+1/p-1/t9-,10-;/m0./s1. The Morgan fingerprint density at radius 3 is 2.52 bits per heavy atom. The smallest absolute Gasteiger partial charge is 0.724 e. The number of carbonyl (C=O) groups excluding carboxylic acids is 1. The summed E-state index contributed by atoms with van der Waals surface area (Å²) in [5.74, 6) is 0. The van der Waals surface area contributed by atoms with E-state index in [1.807, 2.05) is 0 Å². The van der Waals surface area contributed by atoms with Crippen molar-refractivity contribution in [2.24, 2.45) is 0 Å². The average Bonchev–Trinajstić information content (AvgIpc) is 2.65. The summed E-state index contributed by atoms with van der Waals surface area (Å²) in [7, 11) is -5.04. The number of aliphatic hydroxyl groups excluding tert-OH is 1. The third kappa shape index (κ3) is 2.82. The summed E-state index contributed by atoms with van der Waals surface area (Å²) in [6, 6.07) is 4.96. The van der Waals surface area contributed by atoms with Crippen LogP contribution < -0.4 is 29.6 Å². The number of benzene rings is 1. The van der Waals surface area contributed by atoms with Gasteiger partial charge in [-0.05, 0) is 11.1 Å². The molecular weight excluding hydrogens is 311 g/mol. The Kier molecular flexibility index (Phi) is 4.64. The Morgan fingerprint density at radius 2 is 1.95 bits per heavy atom. The Labute approximate surface area is 143 Å². The maximum Gasteiger partial charge on any atom is 1.00 e. The van der Waals surface area contributed by atoms with Crippen LogP contribution in [0.2, 0.25) is 0 Å². The number of urea groups is 1. The van der Waals surface area contributed by atoms with Crippen LogP contribution in [0.5, 0.6) is 0 Å². The largest absolute Gasteiger partial charge is 1.00 e. The molecule has 3 rings (SSSR count). The molecule has 1 N–H and O–H groups in total. The fourth-order valence-corrected chi connectivity index (χ4v) is 3.11. The Balaban J connectivity index is 0.00000161. The second-order valence-corrected chi connectivity index (χ2v) is 5.55. The van der Waals surface area contributed by atoms with E-state index < -0.39 is 28.5 Å². The van der Waals surface area contributed by atoms with Gasteiger partial charge in [-0.15, -0.1) is 0 Å². The van der Waals surface area contributed by atoms with Gasteiger partial charge in [0.1, 0.15) is 6.04 Å². The zero-order valence-corrected chi connectivity index (χ0v) is 14.0. The van der Waals surface area contributed by atoms with Crippen LogP contribution in [0.25, 0.3) is 0 Å². The predicted octanol–water partition coefficient (Wildman–Crippen LogP) is -3.09. The van der Waals surface area contributed by atoms with Gasteiger partial charge in [-0.1, -0.05) is 24.3 Å². The molecule has 0 saturated carbocycles. The molecule has 1 aromatic rings. The number of hydroxylamine groups is 2. The molecule has 2 atom stereocenters. The van der Waals surface area contributed by atoms with Crippen LogP contribution in [0.4, 0.5) is 4.79 Å². The summed E-state index contributed by atoms with van der Waals surface area (Å²) in [6.45, 7) is -0.135. The summed E-state index contributed by atoms with van der Waals surface area (Å²) >= 11 is 0. The monoisotopic (exact) mass is 322 g/mol. The first-order valence-corrected chi connectivity index (χ1v) is 7.20. The molecule has 2 bridgehead atoms. The van der Waals surface area contributed by atoms with Gasteiger partial charge in [-0.25, -0.2) is 13.2 Å². The van der Waals surface area contributed by atoms with Crippen molar-refractivity contribution in [3.8, 4) is 0 Å². The second-order valence-electron chi connectivity index (χ2n) is 4.59. The van der Waals surface area contributed by atoms with Crippen molar-refractivity contribution >= 4 is 16.4 Å². The van der Waals surface area contributed by atoms with Gasteiger partial charge in [0, 0.05) is 0 Å². The molecule has 0 aliphatic carbocycles. The molecule has 1 aromatic carbocycles. The number of carbonyl (C=O) groups is 1. The minimum atomic E-state index is -5.04. The fourth-order valence-electron chi connectivity index (χ4n) is 2.75. The fraction of sp³-hybridized carbons (Fsp3) is 0.364. The van der Waals surface area contributed by atoms with Gasteiger partial charge in [0.25, 0.3) is 0 Å². The van der Waals surface area contributed by atoms with Crippen molar-refractivity contribution in [1.29, 1.82) is 0 Å². The van der Waals surface area contributed by atoms with Gasteiger partial charge < -0.3 is 14.6 Å². The van der Waals surface area contributed by atoms with Gasteiger partial charge >= 0.3 is 35.6 Å². The van der Waals surface area contributed by atoms with Crippen molar-refractivity contribution in [3.63, 3.8) is 0 Å². The SMILES string of the molecule is O=C1N2C[C@@H](c3ccccc3[C@@H]2CO)N1OS(=O)(=O)[O-].[Na+]. The molecule has 2 heterocycles. The van der Waals surface area contributed by atoms with Gasteiger partial charge in [0.15, 0.2) is 0 Å². The summed E-state index contributed by atoms with van der Waals surface area (Å²) in [6.07, 6.45) is 0. The maximum absolute atomic E-state index is 12.1. The number of amides is 2. The molecule has 8 nitrogen and oxygen atoms in total. The van der Waals surface area contributed by atoms with Gasteiger partial charge in [-0.3, -0.25) is 0 Å². The second kappa shape index (κ2) is 5.84. The number of hydrogen-bond donors (Lipinski definition) is 1. The Hall–Kier alpha value is -0.680. The van der Waals surface area contributed by atoms with E-state index in [-0.39, 0.29) is 42.7 Å². The van der Waals surface area contributed by atoms with E-state index >= 15 is 0 Å².